The Morgan fingerprint density at radius 3 is 2.48 bits per heavy atom. The number of benzene rings is 2. The van der Waals surface area contributed by atoms with Gasteiger partial charge in [0, 0.05) is 11.6 Å². The second-order valence-electron chi connectivity index (χ2n) is 5.62. The highest BCUT2D eigenvalue weighted by Gasteiger charge is 2.60. The number of nitrogens with two attached hydrogens (primary N) is 1. The van der Waals surface area contributed by atoms with Crippen LogP contribution in [-0.2, 0) is 9.84 Å². The van der Waals surface area contributed by atoms with E-state index in [0.717, 1.165) is 24.3 Å². The molecule has 0 aliphatic carbocycles. The molecule has 1 aliphatic rings. The van der Waals surface area contributed by atoms with E-state index in [-0.39, 0.29) is 11.3 Å². The molecular formula is C16H9F5N2O3S. The summed E-state index contributed by atoms with van der Waals surface area (Å²) in [5, 5.41) is 4.35. The topological polar surface area (TPSA) is 93.2 Å². The van der Waals surface area contributed by atoms with Gasteiger partial charge in [-0.25, -0.2) is 21.6 Å². The molecule has 2 aromatic carbocycles. The average molecular weight is 404 g/mol. The van der Waals surface area contributed by atoms with Crippen molar-refractivity contribution in [2.75, 3.05) is 0 Å². The predicted octanol–water partition coefficient (Wildman–Crippen LogP) is 3.81. The van der Waals surface area contributed by atoms with Crippen molar-refractivity contribution < 1.29 is 35.1 Å². The summed E-state index contributed by atoms with van der Waals surface area (Å²) in [6.07, 6.45) is -3.41. The predicted molar refractivity (Wildman–Crippen MR) is 81.6 cm³/mol. The number of nitriles is 1. The van der Waals surface area contributed by atoms with Crippen LogP contribution in [0.1, 0.15) is 29.2 Å². The minimum Gasteiger partial charge on any atom is -0.457 e. The molecule has 0 unspecified atom stereocenters. The van der Waals surface area contributed by atoms with Crippen LogP contribution < -0.4 is 10.5 Å². The SMILES string of the molecule is N#Cc1cc(F)cc(Oc2ccc3c(c2C(F)F)[C@H](N)C(F)(F)S3(=O)=O)c1. The van der Waals surface area contributed by atoms with Gasteiger partial charge in [0.25, 0.3) is 6.43 Å². The van der Waals surface area contributed by atoms with Crippen molar-refractivity contribution in [3.8, 4) is 17.6 Å². The largest absolute Gasteiger partial charge is 0.457 e. The van der Waals surface area contributed by atoms with Crippen LogP contribution in [0.5, 0.6) is 11.5 Å². The van der Waals surface area contributed by atoms with Crippen molar-refractivity contribution in [2.24, 2.45) is 5.73 Å². The third kappa shape index (κ3) is 2.81. The van der Waals surface area contributed by atoms with Crippen LogP contribution in [-0.4, -0.2) is 13.7 Å². The average Bonchev–Trinajstić information content (AvgIpc) is 2.71. The first kappa shape index (κ1) is 19.1. The van der Waals surface area contributed by atoms with E-state index in [1.54, 1.807) is 6.07 Å². The Labute approximate surface area is 149 Å². The number of alkyl halides is 4. The fraction of sp³-hybridized carbons (Fsp3) is 0.188. The van der Waals surface area contributed by atoms with E-state index in [9.17, 15) is 30.4 Å². The Bertz CT molecular complexity index is 1080. The normalized spacial score (nSPS) is 19.6. The van der Waals surface area contributed by atoms with Gasteiger partial charge < -0.3 is 10.5 Å². The summed E-state index contributed by atoms with van der Waals surface area (Å²) in [6.45, 7) is 0. The minimum atomic E-state index is -5.25. The minimum absolute atomic E-state index is 0.171. The number of hydrogen-bond donors (Lipinski definition) is 1. The van der Waals surface area contributed by atoms with Gasteiger partial charge >= 0.3 is 5.25 Å². The van der Waals surface area contributed by atoms with E-state index in [1.165, 1.54) is 0 Å². The molecule has 1 heterocycles. The Morgan fingerprint density at radius 2 is 1.89 bits per heavy atom. The Morgan fingerprint density at radius 1 is 1.22 bits per heavy atom. The van der Waals surface area contributed by atoms with Crippen molar-refractivity contribution in [1.82, 2.24) is 0 Å². The van der Waals surface area contributed by atoms with Gasteiger partial charge in [0.05, 0.1) is 22.1 Å². The number of nitrogens with zero attached hydrogens (tertiary/aromatic N) is 1. The second-order valence-corrected chi connectivity index (χ2v) is 7.61. The van der Waals surface area contributed by atoms with E-state index >= 15 is 0 Å². The van der Waals surface area contributed by atoms with Crippen molar-refractivity contribution in [3.05, 3.63) is 52.8 Å². The summed E-state index contributed by atoms with van der Waals surface area (Å²) < 4.78 is 97.5. The second kappa shape index (κ2) is 6.17. The van der Waals surface area contributed by atoms with Crippen LogP contribution in [0.3, 0.4) is 0 Å². The zero-order valence-electron chi connectivity index (χ0n) is 13.1. The molecule has 0 saturated heterocycles. The molecule has 5 nitrogen and oxygen atoms in total. The van der Waals surface area contributed by atoms with Crippen molar-refractivity contribution in [2.45, 2.75) is 22.6 Å². The van der Waals surface area contributed by atoms with E-state index in [0.29, 0.717) is 6.07 Å². The smallest absolute Gasteiger partial charge is 0.368 e. The maximum atomic E-state index is 14.0. The first-order valence-electron chi connectivity index (χ1n) is 7.22. The molecule has 1 aliphatic heterocycles. The molecule has 0 bridgehead atoms. The van der Waals surface area contributed by atoms with Crippen LogP contribution in [0.4, 0.5) is 22.0 Å². The van der Waals surface area contributed by atoms with E-state index in [1.807, 2.05) is 0 Å². The van der Waals surface area contributed by atoms with Gasteiger partial charge in [-0.05, 0) is 24.3 Å². The van der Waals surface area contributed by atoms with Gasteiger partial charge in [0.15, 0.2) is 0 Å². The highest BCUT2D eigenvalue weighted by molar-refractivity contribution is 7.92. The lowest BCUT2D eigenvalue weighted by Gasteiger charge is -2.17. The molecule has 1 atom stereocenters. The third-order valence-corrected chi connectivity index (χ3v) is 5.88. The van der Waals surface area contributed by atoms with Crippen molar-refractivity contribution in [3.63, 3.8) is 0 Å². The number of fused-ring (bicyclic) bond motifs is 1. The molecule has 0 spiro atoms. The molecule has 2 aromatic rings. The summed E-state index contributed by atoms with van der Waals surface area (Å²) >= 11 is 0. The van der Waals surface area contributed by atoms with Crippen LogP contribution in [0, 0.1) is 17.1 Å². The fourth-order valence-corrected chi connectivity index (χ4v) is 4.28. The summed E-state index contributed by atoms with van der Waals surface area (Å²) in [6, 6.07) is 3.24. The third-order valence-electron chi connectivity index (χ3n) is 3.97. The summed E-state index contributed by atoms with van der Waals surface area (Å²) in [7, 11) is -5.25. The van der Waals surface area contributed by atoms with Crippen LogP contribution in [0.15, 0.2) is 35.2 Å². The molecule has 0 radical (unpaired) electrons. The summed E-state index contributed by atoms with van der Waals surface area (Å²) in [4.78, 5) is -1.01. The quantitative estimate of drug-likeness (QED) is 0.786. The molecule has 0 fully saturated rings. The van der Waals surface area contributed by atoms with Gasteiger partial charge in [-0.2, -0.15) is 14.0 Å². The lowest BCUT2D eigenvalue weighted by Crippen LogP contribution is -2.34. The van der Waals surface area contributed by atoms with Crippen LogP contribution in [0.2, 0.25) is 0 Å². The van der Waals surface area contributed by atoms with Gasteiger partial charge in [-0.15, -0.1) is 0 Å². The number of ether oxygens (including phenoxy) is 1. The first-order valence-corrected chi connectivity index (χ1v) is 8.70. The van der Waals surface area contributed by atoms with Gasteiger partial charge in [-0.1, -0.05) is 0 Å². The molecule has 2 N–H and O–H groups in total. The maximum absolute atomic E-state index is 14.0. The lowest BCUT2D eigenvalue weighted by atomic mass is 10.0. The van der Waals surface area contributed by atoms with E-state index < -0.39 is 55.1 Å². The zero-order valence-corrected chi connectivity index (χ0v) is 13.9. The Balaban J connectivity index is 2.20. The Kier molecular flexibility index (Phi) is 4.36. The van der Waals surface area contributed by atoms with Crippen molar-refractivity contribution in [1.29, 1.82) is 5.26 Å². The molecule has 0 saturated carbocycles. The molecule has 3 rings (SSSR count). The monoisotopic (exact) mass is 404 g/mol. The maximum Gasteiger partial charge on any atom is 0.368 e. The van der Waals surface area contributed by atoms with Crippen molar-refractivity contribution >= 4 is 9.84 Å². The highest BCUT2D eigenvalue weighted by atomic mass is 32.2. The Hall–Kier alpha value is -2.71. The zero-order chi connectivity index (χ0) is 20.1. The molecule has 27 heavy (non-hydrogen) atoms. The fourth-order valence-electron chi connectivity index (χ4n) is 2.76. The van der Waals surface area contributed by atoms with Crippen LogP contribution in [0.25, 0.3) is 0 Å². The lowest BCUT2D eigenvalue weighted by molar-refractivity contribution is 0.0662. The molecule has 11 heteroatoms. The molecule has 0 amide bonds. The highest BCUT2D eigenvalue weighted by Crippen LogP contribution is 2.52. The number of sulfone groups is 1. The van der Waals surface area contributed by atoms with Gasteiger partial charge in [0.1, 0.15) is 23.4 Å². The number of halogens is 5. The van der Waals surface area contributed by atoms with Gasteiger partial charge in [0.2, 0.25) is 9.84 Å². The number of rotatable bonds is 3. The summed E-state index contributed by atoms with van der Waals surface area (Å²) in [5.41, 5.74) is 2.99. The molecular weight excluding hydrogens is 395 g/mol. The van der Waals surface area contributed by atoms with E-state index in [4.69, 9.17) is 15.7 Å². The standard InChI is InChI=1S/C16H9F5N2O3S/c17-8-3-7(6-22)4-9(5-8)26-10-1-2-11-13(12(10)15(18)19)14(23)16(20,21)27(11,24)25/h1-5,14-15H,23H2/t14-/m0/s1. The number of hydrogen-bond acceptors (Lipinski definition) is 5. The molecule has 142 valence electrons. The summed E-state index contributed by atoms with van der Waals surface area (Å²) in [5.74, 6) is -1.93. The van der Waals surface area contributed by atoms with E-state index in [2.05, 4.69) is 0 Å². The van der Waals surface area contributed by atoms with Gasteiger partial charge in [-0.3, -0.25) is 0 Å². The first-order chi connectivity index (χ1) is 12.5. The van der Waals surface area contributed by atoms with Crippen LogP contribution >= 0.6 is 0 Å². The molecule has 0 aromatic heterocycles.